The fourth-order valence-electron chi connectivity index (χ4n) is 2.36. The molecular formula is C15H22N2O. The first kappa shape index (κ1) is 12.9. The summed E-state index contributed by atoms with van der Waals surface area (Å²) in [6.45, 7) is 8.24. The molecule has 0 unspecified atom stereocenters. The molecule has 3 heteroatoms. The van der Waals surface area contributed by atoms with Crippen LogP contribution in [-0.4, -0.2) is 24.0 Å². The third-order valence-electron chi connectivity index (χ3n) is 3.37. The van der Waals surface area contributed by atoms with Crippen LogP contribution in [-0.2, 0) is 5.41 Å². The van der Waals surface area contributed by atoms with E-state index in [9.17, 15) is 4.79 Å². The Labute approximate surface area is 109 Å². The second-order valence-electron chi connectivity index (χ2n) is 5.92. The topological polar surface area (TPSA) is 32.3 Å². The number of hydrogen-bond acceptors (Lipinski definition) is 1. The highest BCUT2D eigenvalue weighted by Gasteiger charge is 2.21. The van der Waals surface area contributed by atoms with Crippen LogP contribution in [0.15, 0.2) is 24.3 Å². The molecule has 1 aliphatic rings. The Kier molecular flexibility index (Phi) is 3.60. The monoisotopic (exact) mass is 246 g/mol. The van der Waals surface area contributed by atoms with Gasteiger partial charge in [-0.3, -0.25) is 0 Å². The van der Waals surface area contributed by atoms with Crippen molar-refractivity contribution in [3.05, 3.63) is 29.8 Å². The molecule has 0 spiro atoms. The number of para-hydroxylation sites is 1. The van der Waals surface area contributed by atoms with E-state index in [2.05, 4.69) is 32.2 Å². The predicted octanol–water partition coefficient (Wildman–Crippen LogP) is 3.61. The molecule has 1 aromatic rings. The van der Waals surface area contributed by atoms with Gasteiger partial charge in [-0.05, 0) is 29.9 Å². The van der Waals surface area contributed by atoms with Gasteiger partial charge in [-0.15, -0.1) is 0 Å². The number of anilines is 1. The number of amides is 2. The summed E-state index contributed by atoms with van der Waals surface area (Å²) < 4.78 is 0. The van der Waals surface area contributed by atoms with Crippen molar-refractivity contribution in [1.29, 1.82) is 0 Å². The highest BCUT2D eigenvalue weighted by atomic mass is 16.2. The lowest BCUT2D eigenvalue weighted by molar-refractivity contribution is 0.222. The zero-order valence-corrected chi connectivity index (χ0v) is 11.5. The predicted molar refractivity (Wildman–Crippen MR) is 75.0 cm³/mol. The minimum Gasteiger partial charge on any atom is -0.325 e. The summed E-state index contributed by atoms with van der Waals surface area (Å²) in [5.74, 6) is 0. The van der Waals surface area contributed by atoms with Crippen molar-refractivity contribution in [3.63, 3.8) is 0 Å². The molecule has 1 fully saturated rings. The Balaban J connectivity index is 2.16. The highest BCUT2D eigenvalue weighted by Crippen LogP contribution is 2.29. The smallest absolute Gasteiger partial charge is 0.321 e. The van der Waals surface area contributed by atoms with E-state index in [1.54, 1.807) is 0 Å². The molecule has 1 aromatic carbocycles. The molecule has 0 atom stereocenters. The lowest BCUT2D eigenvalue weighted by Crippen LogP contribution is -2.33. The summed E-state index contributed by atoms with van der Waals surface area (Å²) in [6, 6.07) is 8.08. The third-order valence-corrected chi connectivity index (χ3v) is 3.37. The molecule has 2 amide bonds. The molecule has 18 heavy (non-hydrogen) atoms. The molecule has 1 saturated heterocycles. The molecule has 0 aliphatic carbocycles. The Morgan fingerprint density at radius 2 is 1.78 bits per heavy atom. The largest absolute Gasteiger partial charge is 0.325 e. The molecule has 2 rings (SSSR count). The van der Waals surface area contributed by atoms with E-state index < -0.39 is 0 Å². The number of nitrogens with zero attached hydrogens (tertiary/aromatic N) is 1. The molecule has 3 nitrogen and oxygen atoms in total. The number of benzene rings is 1. The SMILES string of the molecule is CC(C)(C)c1ccccc1NC(=O)N1CCCC1. The molecule has 0 aromatic heterocycles. The van der Waals surface area contributed by atoms with Crippen molar-refractivity contribution in [1.82, 2.24) is 4.90 Å². The molecule has 1 N–H and O–H groups in total. The van der Waals surface area contributed by atoms with Crippen LogP contribution in [0.25, 0.3) is 0 Å². The average molecular weight is 246 g/mol. The van der Waals surface area contributed by atoms with Gasteiger partial charge in [0.25, 0.3) is 0 Å². The second kappa shape index (κ2) is 5.01. The maximum Gasteiger partial charge on any atom is 0.321 e. The van der Waals surface area contributed by atoms with Crippen LogP contribution >= 0.6 is 0 Å². The Hall–Kier alpha value is -1.51. The molecule has 0 radical (unpaired) electrons. The molecule has 0 saturated carbocycles. The van der Waals surface area contributed by atoms with E-state index in [4.69, 9.17) is 0 Å². The van der Waals surface area contributed by atoms with Gasteiger partial charge >= 0.3 is 6.03 Å². The second-order valence-corrected chi connectivity index (χ2v) is 5.92. The van der Waals surface area contributed by atoms with Crippen molar-refractivity contribution in [2.75, 3.05) is 18.4 Å². The number of hydrogen-bond donors (Lipinski definition) is 1. The average Bonchev–Trinajstić information content (AvgIpc) is 2.81. The normalized spacial score (nSPS) is 15.8. The number of carbonyl (C=O) groups excluding carboxylic acids is 1. The Morgan fingerprint density at radius 1 is 1.17 bits per heavy atom. The van der Waals surface area contributed by atoms with E-state index in [0.29, 0.717) is 0 Å². The zero-order valence-electron chi connectivity index (χ0n) is 11.5. The van der Waals surface area contributed by atoms with Crippen molar-refractivity contribution >= 4 is 11.7 Å². The molecule has 0 bridgehead atoms. The fraction of sp³-hybridized carbons (Fsp3) is 0.533. The first-order valence-corrected chi connectivity index (χ1v) is 6.64. The van der Waals surface area contributed by atoms with Crippen molar-refractivity contribution in [2.45, 2.75) is 39.0 Å². The van der Waals surface area contributed by atoms with E-state index >= 15 is 0 Å². The van der Waals surface area contributed by atoms with Crippen LogP contribution in [0.5, 0.6) is 0 Å². The van der Waals surface area contributed by atoms with E-state index in [1.165, 1.54) is 5.56 Å². The van der Waals surface area contributed by atoms with E-state index in [-0.39, 0.29) is 11.4 Å². The Morgan fingerprint density at radius 3 is 2.39 bits per heavy atom. The quantitative estimate of drug-likeness (QED) is 0.806. The van der Waals surface area contributed by atoms with Gasteiger partial charge in [0.2, 0.25) is 0 Å². The lowest BCUT2D eigenvalue weighted by Gasteiger charge is -2.24. The fourth-order valence-corrected chi connectivity index (χ4v) is 2.36. The summed E-state index contributed by atoms with van der Waals surface area (Å²) in [4.78, 5) is 14.0. The first-order chi connectivity index (χ1) is 8.48. The Bertz CT molecular complexity index is 428. The van der Waals surface area contributed by atoms with Crippen molar-refractivity contribution < 1.29 is 4.79 Å². The van der Waals surface area contributed by atoms with Gasteiger partial charge in [-0.25, -0.2) is 4.79 Å². The number of nitrogens with one attached hydrogen (secondary N) is 1. The maximum atomic E-state index is 12.1. The van der Waals surface area contributed by atoms with Crippen molar-refractivity contribution in [2.24, 2.45) is 0 Å². The van der Waals surface area contributed by atoms with E-state index in [0.717, 1.165) is 31.6 Å². The van der Waals surface area contributed by atoms with Gasteiger partial charge in [0.1, 0.15) is 0 Å². The van der Waals surface area contributed by atoms with Gasteiger partial charge in [0.15, 0.2) is 0 Å². The third kappa shape index (κ3) is 2.84. The summed E-state index contributed by atoms with van der Waals surface area (Å²) in [7, 11) is 0. The summed E-state index contributed by atoms with van der Waals surface area (Å²) in [6.07, 6.45) is 2.24. The van der Waals surface area contributed by atoms with Crippen LogP contribution in [0.2, 0.25) is 0 Å². The van der Waals surface area contributed by atoms with Gasteiger partial charge in [0, 0.05) is 18.8 Å². The van der Waals surface area contributed by atoms with Crippen LogP contribution in [0.3, 0.4) is 0 Å². The first-order valence-electron chi connectivity index (χ1n) is 6.64. The molecular weight excluding hydrogens is 224 g/mol. The summed E-state index contributed by atoms with van der Waals surface area (Å²) in [5, 5.41) is 3.05. The van der Waals surface area contributed by atoms with Gasteiger partial charge in [-0.1, -0.05) is 39.0 Å². The minimum absolute atomic E-state index is 0.0317. The van der Waals surface area contributed by atoms with Crippen LogP contribution in [0, 0.1) is 0 Å². The number of urea groups is 1. The highest BCUT2D eigenvalue weighted by molar-refractivity contribution is 5.90. The van der Waals surface area contributed by atoms with E-state index in [1.807, 2.05) is 23.1 Å². The standard InChI is InChI=1S/C15H22N2O/c1-15(2,3)12-8-4-5-9-13(12)16-14(18)17-10-6-7-11-17/h4-5,8-9H,6-7,10-11H2,1-3H3,(H,16,18). The van der Waals surface area contributed by atoms with Crippen LogP contribution in [0.4, 0.5) is 10.5 Å². The summed E-state index contributed by atoms with van der Waals surface area (Å²) >= 11 is 0. The maximum absolute atomic E-state index is 12.1. The molecule has 1 aliphatic heterocycles. The number of rotatable bonds is 1. The lowest BCUT2D eigenvalue weighted by atomic mass is 9.86. The summed E-state index contributed by atoms with van der Waals surface area (Å²) in [5.41, 5.74) is 2.15. The van der Waals surface area contributed by atoms with Gasteiger partial charge < -0.3 is 10.2 Å². The number of carbonyl (C=O) groups is 1. The van der Waals surface area contributed by atoms with Gasteiger partial charge in [-0.2, -0.15) is 0 Å². The minimum atomic E-state index is 0.0317. The molecule has 1 heterocycles. The van der Waals surface area contributed by atoms with Crippen LogP contribution in [0.1, 0.15) is 39.2 Å². The zero-order chi connectivity index (χ0) is 13.2. The van der Waals surface area contributed by atoms with Crippen LogP contribution < -0.4 is 5.32 Å². The van der Waals surface area contributed by atoms with Gasteiger partial charge in [0.05, 0.1) is 0 Å². The van der Waals surface area contributed by atoms with Crippen molar-refractivity contribution in [3.8, 4) is 0 Å². The number of likely N-dealkylation sites (tertiary alicyclic amines) is 1. The molecule has 98 valence electrons.